The summed E-state index contributed by atoms with van der Waals surface area (Å²) in [7, 11) is 0. The van der Waals surface area contributed by atoms with Gasteiger partial charge in [0.2, 0.25) is 0 Å². The Morgan fingerprint density at radius 1 is 0.259 bits per heavy atom. The van der Waals surface area contributed by atoms with Crippen molar-refractivity contribution in [3.63, 3.8) is 0 Å². The van der Waals surface area contributed by atoms with Crippen LogP contribution in [0.1, 0.15) is 0 Å². The number of anilines is 3. The van der Waals surface area contributed by atoms with Crippen molar-refractivity contribution >= 4 is 49.8 Å². The van der Waals surface area contributed by atoms with Gasteiger partial charge < -0.3 is 9.32 Å². The second-order valence-corrected chi connectivity index (χ2v) is 13.8. The number of fused-ring (bicyclic) bond motifs is 4. The van der Waals surface area contributed by atoms with Crippen LogP contribution in [0.25, 0.3) is 77.2 Å². The van der Waals surface area contributed by atoms with Crippen LogP contribution in [0.5, 0.6) is 0 Å². The molecule has 0 amide bonds. The van der Waals surface area contributed by atoms with E-state index in [1.54, 1.807) is 0 Å². The van der Waals surface area contributed by atoms with E-state index >= 15 is 0 Å². The van der Waals surface area contributed by atoms with Gasteiger partial charge in [0.05, 0.1) is 0 Å². The fourth-order valence-electron chi connectivity index (χ4n) is 7.66. The molecule has 0 aliphatic heterocycles. The summed E-state index contributed by atoms with van der Waals surface area (Å²) >= 11 is 0. The maximum absolute atomic E-state index is 6.34. The predicted molar refractivity (Wildman–Crippen MR) is 228 cm³/mol. The summed E-state index contributed by atoms with van der Waals surface area (Å²) in [6, 6.07) is 75.9. The smallest absolute Gasteiger partial charge is 0.137 e. The minimum absolute atomic E-state index is 0.873. The van der Waals surface area contributed by atoms with Gasteiger partial charge in [-0.15, -0.1) is 0 Å². The lowest BCUT2D eigenvalue weighted by Gasteiger charge is -2.26. The molecule has 2 heteroatoms. The molecule has 0 fully saturated rings. The molecule has 0 aliphatic carbocycles. The maximum atomic E-state index is 6.34. The zero-order valence-corrected chi connectivity index (χ0v) is 29.6. The van der Waals surface area contributed by atoms with Crippen molar-refractivity contribution < 1.29 is 4.42 Å². The van der Waals surface area contributed by atoms with Crippen LogP contribution in [0.3, 0.4) is 0 Å². The third-order valence-corrected chi connectivity index (χ3v) is 10.5. The number of hydrogen-bond donors (Lipinski definition) is 0. The van der Waals surface area contributed by atoms with Crippen molar-refractivity contribution in [1.29, 1.82) is 0 Å². The zero-order chi connectivity index (χ0) is 35.8. The van der Waals surface area contributed by atoms with Crippen LogP contribution in [-0.4, -0.2) is 0 Å². The summed E-state index contributed by atoms with van der Waals surface area (Å²) in [6.45, 7) is 0. The van der Waals surface area contributed by atoms with Gasteiger partial charge in [-0.1, -0.05) is 146 Å². The Bertz CT molecular complexity index is 2920. The summed E-state index contributed by atoms with van der Waals surface area (Å²) < 4.78 is 6.34. The Labute approximate surface area is 314 Å². The second kappa shape index (κ2) is 13.4. The number of nitrogens with zero attached hydrogens (tertiary/aromatic N) is 1. The molecule has 0 spiro atoms. The quantitative estimate of drug-likeness (QED) is 0.166. The number of rotatable bonds is 7. The highest BCUT2D eigenvalue weighted by Crippen LogP contribution is 2.40. The van der Waals surface area contributed by atoms with Crippen molar-refractivity contribution in [1.82, 2.24) is 0 Å². The van der Waals surface area contributed by atoms with E-state index in [0.717, 1.165) is 39.0 Å². The van der Waals surface area contributed by atoms with Crippen LogP contribution in [0.4, 0.5) is 17.1 Å². The average molecular weight is 690 g/mol. The normalized spacial score (nSPS) is 11.3. The van der Waals surface area contributed by atoms with Crippen molar-refractivity contribution in [3.05, 3.63) is 212 Å². The summed E-state index contributed by atoms with van der Waals surface area (Å²) in [4.78, 5) is 2.31. The molecule has 254 valence electrons. The molecule has 54 heavy (non-hydrogen) atoms. The predicted octanol–water partition coefficient (Wildman–Crippen LogP) is 14.9. The lowest BCUT2D eigenvalue weighted by molar-refractivity contribution is 0.669. The van der Waals surface area contributed by atoms with Crippen LogP contribution in [-0.2, 0) is 0 Å². The highest BCUT2D eigenvalue weighted by atomic mass is 16.3. The van der Waals surface area contributed by atoms with E-state index in [9.17, 15) is 0 Å². The molecule has 0 unspecified atom stereocenters. The summed E-state index contributed by atoms with van der Waals surface area (Å²) in [6.07, 6.45) is 0. The minimum Gasteiger partial charge on any atom is -0.456 e. The number of furan rings is 1. The molecule has 1 aromatic heterocycles. The summed E-state index contributed by atoms with van der Waals surface area (Å²) in [5.41, 5.74) is 14.5. The van der Waals surface area contributed by atoms with E-state index in [4.69, 9.17) is 4.42 Å². The largest absolute Gasteiger partial charge is 0.456 e. The van der Waals surface area contributed by atoms with Gasteiger partial charge in [0.1, 0.15) is 11.2 Å². The summed E-state index contributed by atoms with van der Waals surface area (Å²) in [5.74, 6) is 0. The Morgan fingerprint density at radius 2 is 0.722 bits per heavy atom. The van der Waals surface area contributed by atoms with E-state index in [0.29, 0.717) is 0 Å². The van der Waals surface area contributed by atoms with E-state index in [2.05, 4.69) is 205 Å². The van der Waals surface area contributed by atoms with Crippen LogP contribution in [0.2, 0.25) is 0 Å². The van der Waals surface area contributed by atoms with E-state index in [1.807, 2.05) is 12.1 Å². The van der Waals surface area contributed by atoms with Crippen molar-refractivity contribution in [3.8, 4) is 44.5 Å². The highest BCUT2D eigenvalue weighted by molar-refractivity contribution is 6.06. The standard InChI is InChI=1S/C52H35NO/c1-2-10-36(11-3-1)38-22-26-46(27-23-38)53(48-30-31-50-49-18-6-7-19-51(49)54-52(50)35-48)47-28-24-39(25-29-47)41-14-8-15-42(32-41)43-16-9-17-44(34-43)45-21-20-37-12-4-5-13-40(37)33-45/h1-35H. The van der Waals surface area contributed by atoms with Gasteiger partial charge in [0, 0.05) is 33.9 Å². The van der Waals surface area contributed by atoms with Crippen molar-refractivity contribution in [2.45, 2.75) is 0 Å². The third kappa shape index (κ3) is 5.90. The van der Waals surface area contributed by atoms with Gasteiger partial charge in [0.15, 0.2) is 0 Å². The van der Waals surface area contributed by atoms with Gasteiger partial charge in [-0.2, -0.15) is 0 Å². The molecule has 10 aromatic rings. The Morgan fingerprint density at radius 3 is 1.41 bits per heavy atom. The highest BCUT2D eigenvalue weighted by Gasteiger charge is 2.16. The molecule has 0 aliphatic rings. The fourth-order valence-corrected chi connectivity index (χ4v) is 7.66. The molecule has 0 saturated heterocycles. The maximum Gasteiger partial charge on any atom is 0.137 e. The molecule has 0 atom stereocenters. The molecule has 0 radical (unpaired) electrons. The Kier molecular flexibility index (Phi) is 7.85. The molecule has 1 heterocycles. The number of para-hydroxylation sites is 1. The Balaban J connectivity index is 0.996. The lowest BCUT2D eigenvalue weighted by atomic mass is 9.95. The topological polar surface area (TPSA) is 16.4 Å². The second-order valence-electron chi connectivity index (χ2n) is 13.8. The van der Waals surface area contributed by atoms with E-state index < -0.39 is 0 Å². The molecule has 0 saturated carbocycles. The monoisotopic (exact) mass is 689 g/mol. The third-order valence-electron chi connectivity index (χ3n) is 10.5. The van der Waals surface area contributed by atoms with Gasteiger partial charge in [-0.3, -0.25) is 0 Å². The molecular formula is C52H35NO. The van der Waals surface area contributed by atoms with Crippen molar-refractivity contribution in [2.24, 2.45) is 0 Å². The first kappa shape index (κ1) is 31.6. The minimum atomic E-state index is 0.873. The zero-order valence-electron chi connectivity index (χ0n) is 29.6. The first-order valence-corrected chi connectivity index (χ1v) is 18.4. The molecule has 0 N–H and O–H groups in total. The lowest BCUT2D eigenvalue weighted by Crippen LogP contribution is -2.09. The van der Waals surface area contributed by atoms with Gasteiger partial charge in [-0.25, -0.2) is 0 Å². The molecule has 0 bridgehead atoms. The van der Waals surface area contributed by atoms with Crippen LogP contribution in [0.15, 0.2) is 217 Å². The van der Waals surface area contributed by atoms with Gasteiger partial charge in [0.25, 0.3) is 0 Å². The SMILES string of the molecule is c1ccc(-c2ccc(N(c3ccc(-c4cccc(-c5cccc(-c6ccc7ccccc7c6)c5)c4)cc3)c3ccc4c(c3)oc3ccccc34)cc2)cc1. The van der Waals surface area contributed by atoms with E-state index in [-0.39, 0.29) is 0 Å². The molecular weight excluding hydrogens is 655 g/mol. The molecule has 10 rings (SSSR count). The van der Waals surface area contributed by atoms with E-state index in [1.165, 1.54) is 55.3 Å². The number of benzene rings is 9. The van der Waals surface area contributed by atoms with Crippen LogP contribution < -0.4 is 4.90 Å². The first-order valence-electron chi connectivity index (χ1n) is 18.4. The van der Waals surface area contributed by atoms with Gasteiger partial charge >= 0.3 is 0 Å². The average Bonchev–Trinajstić information content (AvgIpc) is 3.62. The molecule has 2 nitrogen and oxygen atoms in total. The van der Waals surface area contributed by atoms with Gasteiger partial charge in [-0.05, 0) is 116 Å². The fraction of sp³-hybridized carbons (Fsp3) is 0. The first-order chi connectivity index (χ1) is 26.7. The Hall–Kier alpha value is -7.16. The van der Waals surface area contributed by atoms with Crippen LogP contribution >= 0.6 is 0 Å². The number of hydrogen-bond acceptors (Lipinski definition) is 2. The van der Waals surface area contributed by atoms with Crippen molar-refractivity contribution in [2.75, 3.05) is 4.90 Å². The molecule has 9 aromatic carbocycles. The van der Waals surface area contributed by atoms with Crippen LogP contribution in [0, 0.1) is 0 Å². The summed E-state index contributed by atoms with van der Waals surface area (Å²) in [5, 5.41) is 4.76.